The van der Waals surface area contributed by atoms with E-state index in [1.165, 1.54) is 0 Å². The van der Waals surface area contributed by atoms with Gasteiger partial charge in [-0.25, -0.2) is 0 Å². The Bertz CT molecular complexity index is 412. The molecule has 0 aliphatic carbocycles. The Hall–Kier alpha value is -1.39. The number of rotatable bonds is 2. The van der Waals surface area contributed by atoms with Crippen molar-refractivity contribution in [2.24, 2.45) is 0 Å². The lowest BCUT2D eigenvalue weighted by molar-refractivity contribution is 0.0664. The third-order valence-electron chi connectivity index (χ3n) is 3.08. The van der Waals surface area contributed by atoms with Gasteiger partial charge in [0, 0.05) is 37.3 Å². The van der Waals surface area contributed by atoms with Crippen molar-refractivity contribution >= 4 is 24.6 Å². The highest BCUT2D eigenvalue weighted by Gasteiger charge is 2.19. The first-order valence-electron chi connectivity index (χ1n) is 5.74. The van der Waals surface area contributed by atoms with Gasteiger partial charge in [0.05, 0.1) is 0 Å². The van der Waals surface area contributed by atoms with E-state index in [2.05, 4.69) is 11.9 Å². The molecule has 0 unspecified atom stereocenters. The fraction of sp³-hybridized carbons (Fsp3) is 0.385. The quantitative estimate of drug-likeness (QED) is 0.760. The monoisotopic (exact) mass is 268 g/mol. The van der Waals surface area contributed by atoms with Gasteiger partial charge >= 0.3 is 0 Å². The minimum Gasteiger partial charge on any atom is -0.336 e. The molecule has 1 fully saturated rings. The van der Waals surface area contributed by atoms with Gasteiger partial charge in [0.1, 0.15) is 6.29 Å². The predicted octanol–water partition coefficient (Wildman–Crippen LogP) is 1.31. The summed E-state index contributed by atoms with van der Waals surface area (Å²) in [6.45, 7) is 3.37. The van der Waals surface area contributed by atoms with E-state index in [4.69, 9.17) is 0 Å². The summed E-state index contributed by atoms with van der Waals surface area (Å²) in [4.78, 5) is 26.7. The minimum absolute atomic E-state index is 0. The lowest BCUT2D eigenvalue weighted by Gasteiger charge is -2.32. The maximum absolute atomic E-state index is 12.1. The molecule has 1 heterocycles. The van der Waals surface area contributed by atoms with E-state index in [1.54, 1.807) is 24.3 Å². The second kappa shape index (κ2) is 6.52. The summed E-state index contributed by atoms with van der Waals surface area (Å²) in [5, 5.41) is 0. The second-order valence-corrected chi connectivity index (χ2v) is 4.34. The highest BCUT2D eigenvalue weighted by atomic mass is 35.5. The van der Waals surface area contributed by atoms with E-state index in [9.17, 15) is 9.59 Å². The summed E-state index contributed by atoms with van der Waals surface area (Å²) in [5.41, 5.74) is 1.25. The molecule has 1 aromatic carbocycles. The summed E-state index contributed by atoms with van der Waals surface area (Å²) < 4.78 is 0. The predicted molar refractivity (Wildman–Crippen MR) is 72.5 cm³/mol. The Morgan fingerprint density at radius 1 is 1.11 bits per heavy atom. The van der Waals surface area contributed by atoms with E-state index in [1.807, 2.05) is 4.90 Å². The number of carbonyl (C=O) groups excluding carboxylic acids is 2. The maximum atomic E-state index is 12.1. The Balaban J connectivity index is 0.00000162. The van der Waals surface area contributed by atoms with E-state index >= 15 is 0 Å². The van der Waals surface area contributed by atoms with Gasteiger partial charge in [-0.05, 0) is 19.2 Å². The zero-order valence-corrected chi connectivity index (χ0v) is 11.2. The fourth-order valence-corrected chi connectivity index (χ4v) is 1.90. The SMILES string of the molecule is CN1CCN(C(=O)c2ccc(C=O)cc2)CC1.Cl. The van der Waals surface area contributed by atoms with Crippen LogP contribution < -0.4 is 0 Å². The number of carbonyl (C=O) groups is 2. The summed E-state index contributed by atoms with van der Waals surface area (Å²) in [6.07, 6.45) is 0.782. The van der Waals surface area contributed by atoms with Gasteiger partial charge in [0.25, 0.3) is 5.91 Å². The molecule has 0 aromatic heterocycles. The number of nitrogens with zero attached hydrogens (tertiary/aromatic N) is 2. The molecular formula is C13H17ClN2O2. The molecule has 0 saturated carbocycles. The topological polar surface area (TPSA) is 40.6 Å². The Morgan fingerprint density at radius 3 is 2.17 bits per heavy atom. The highest BCUT2D eigenvalue weighted by molar-refractivity contribution is 5.95. The molecule has 5 heteroatoms. The van der Waals surface area contributed by atoms with Gasteiger partial charge in [-0.3, -0.25) is 9.59 Å². The van der Waals surface area contributed by atoms with Gasteiger partial charge in [0.2, 0.25) is 0 Å². The number of hydrogen-bond acceptors (Lipinski definition) is 3. The molecule has 1 aromatic rings. The van der Waals surface area contributed by atoms with Crippen LogP contribution in [0.2, 0.25) is 0 Å². The van der Waals surface area contributed by atoms with Gasteiger partial charge in [0.15, 0.2) is 0 Å². The van der Waals surface area contributed by atoms with Gasteiger partial charge in [-0.1, -0.05) is 12.1 Å². The van der Waals surface area contributed by atoms with E-state index in [0.29, 0.717) is 11.1 Å². The molecule has 1 aliphatic heterocycles. The van der Waals surface area contributed by atoms with Crippen LogP contribution >= 0.6 is 12.4 Å². The van der Waals surface area contributed by atoms with Gasteiger partial charge < -0.3 is 9.80 Å². The molecule has 1 aliphatic rings. The molecule has 1 saturated heterocycles. The van der Waals surface area contributed by atoms with Crippen molar-refractivity contribution in [2.75, 3.05) is 33.2 Å². The van der Waals surface area contributed by atoms with Crippen molar-refractivity contribution in [2.45, 2.75) is 0 Å². The number of aldehydes is 1. The first-order chi connectivity index (χ1) is 8.20. The lowest BCUT2D eigenvalue weighted by Crippen LogP contribution is -2.47. The standard InChI is InChI=1S/C13H16N2O2.ClH/c1-14-6-8-15(9-7-14)13(17)12-4-2-11(10-16)3-5-12;/h2-5,10H,6-9H2,1H3;1H. The second-order valence-electron chi connectivity index (χ2n) is 4.34. The van der Waals surface area contributed by atoms with Crippen LogP contribution in [-0.4, -0.2) is 55.2 Å². The van der Waals surface area contributed by atoms with E-state index in [0.717, 1.165) is 32.5 Å². The van der Waals surface area contributed by atoms with Crippen molar-refractivity contribution in [3.8, 4) is 0 Å². The molecular weight excluding hydrogens is 252 g/mol. The number of piperazine rings is 1. The summed E-state index contributed by atoms with van der Waals surface area (Å²) >= 11 is 0. The van der Waals surface area contributed by atoms with Crippen molar-refractivity contribution in [3.05, 3.63) is 35.4 Å². The van der Waals surface area contributed by atoms with Crippen molar-refractivity contribution < 1.29 is 9.59 Å². The first kappa shape index (κ1) is 14.7. The smallest absolute Gasteiger partial charge is 0.253 e. The van der Waals surface area contributed by atoms with Gasteiger partial charge in [-0.15, -0.1) is 12.4 Å². The number of hydrogen-bond donors (Lipinski definition) is 0. The van der Waals surface area contributed by atoms with Crippen LogP contribution in [0.3, 0.4) is 0 Å². The summed E-state index contributed by atoms with van der Waals surface area (Å²) in [7, 11) is 2.06. The fourth-order valence-electron chi connectivity index (χ4n) is 1.90. The van der Waals surface area contributed by atoms with Crippen LogP contribution in [0.4, 0.5) is 0 Å². The molecule has 0 atom stereocenters. The number of amides is 1. The Kier molecular flexibility index (Phi) is 5.31. The third kappa shape index (κ3) is 3.31. The van der Waals surface area contributed by atoms with Crippen LogP contribution in [0.1, 0.15) is 20.7 Å². The van der Waals surface area contributed by atoms with Gasteiger partial charge in [-0.2, -0.15) is 0 Å². The van der Waals surface area contributed by atoms with Crippen molar-refractivity contribution in [3.63, 3.8) is 0 Å². The van der Waals surface area contributed by atoms with Crippen LogP contribution in [0, 0.1) is 0 Å². The van der Waals surface area contributed by atoms with Crippen molar-refractivity contribution in [1.82, 2.24) is 9.80 Å². The average molecular weight is 269 g/mol. The molecule has 0 N–H and O–H groups in total. The van der Waals surface area contributed by atoms with E-state index in [-0.39, 0.29) is 18.3 Å². The molecule has 98 valence electrons. The molecule has 0 bridgehead atoms. The number of likely N-dealkylation sites (N-methyl/N-ethyl adjacent to an activating group) is 1. The van der Waals surface area contributed by atoms with E-state index < -0.39 is 0 Å². The lowest BCUT2D eigenvalue weighted by atomic mass is 10.1. The Labute approximate surface area is 113 Å². The Morgan fingerprint density at radius 2 is 1.67 bits per heavy atom. The zero-order chi connectivity index (χ0) is 12.3. The molecule has 0 radical (unpaired) electrons. The maximum Gasteiger partial charge on any atom is 0.253 e. The van der Waals surface area contributed by atoms with Crippen LogP contribution in [0.5, 0.6) is 0 Å². The summed E-state index contributed by atoms with van der Waals surface area (Å²) in [5.74, 6) is 0.0514. The minimum atomic E-state index is 0. The zero-order valence-electron chi connectivity index (χ0n) is 10.3. The van der Waals surface area contributed by atoms with Crippen molar-refractivity contribution in [1.29, 1.82) is 0 Å². The third-order valence-corrected chi connectivity index (χ3v) is 3.08. The summed E-state index contributed by atoms with van der Waals surface area (Å²) in [6, 6.07) is 6.78. The average Bonchev–Trinajstić information content (AvgIpc) is 2.39. The number of benzene rings is 1. The molecule has 1 amide bonds. The van der Waals surface area contributed by atoms with Crippen LogP contribution in [0.25, 0.3) is 0 Å². The van der Waals surface area contributed by atoms with Crippen LogP contribution in [0.15, 0.2) is 24.3 Å². The highest BCUT2D eigenvalue weighted by Crippen LogP contribution is 2.09. The largest absolute Gasteiger partial charge is 0.336 e. The molecule has 4 nitrogen and oxygen atoms in total. The normalized spacial score (nSPS) is 15.9. The first-order valence-corrected chi connectivity index (χ1v) is 5.74. The molecule has 0 spiro atoms. The molecule has 18 heavy (non-hydrogen) atoms. The van der Waals surface area contributed by atoms with Crippen LogP contribution in [-0.2, 0) is 0 Å². The number of halogens is 1. The molecule has 2 rings (SSSR count).